The summed E-state index contributed by atoms with van der Waals surface area (Å²) in [5.41, 5.74) is 2.89. The summed E-state index contributed by atoms with van der Waals surface area (Å²) in [7, 11) is 4.71. The number of esters is 1. The molecule has 8 nitrogen and oxygen atoms in total. The Morgan fingerprint density at radius 3 is 2.47 bits per heavy atom. The highest BCUT2D eigenvalue weighted by Gasteiger charge is 2.35. The number of hydrogen-bond acceptors (Lipinski definition) is 8. The molecule has 36 heavy (non-hydrogen) atoms. The molecule has 0 N–H and O–H groups in total. The zero-order chi connectivity index (χ0) is 26.0. The molecule has 1 atom stereocenters. The van der Waals surface area contributed by atoms with Crippen LogP contribution in [0.1, 0.15) is 36.6 Å². The van der Waals surface area contributed by atoms with Gasteiger partial charge in [-0.3, -0.25) is 9.36 Å². The third-order valence-corrected chi connectivity index (χ3v) is 6.96. The SMILES string of the molecule is CCOC(=O)C1=C(C)N=c2s/c(=C/c3ccc(C)c(OC)c3)c(=O)n2[C@H]1c1cc(OC)ccc1OC. The second-order valence-electron chi connectivity index (χ2n) is 8.14. The third kappa shape index (κ3) is 4.54. The van der Waals surface area contributed by atoms with Gasteiger partial charge in [0.15, 0.2) is 4.80 Å². The van der Waals surface area contributed by atoms with Crippen LogP contribution in [-0.2, 0) is 9.53 Å². The van der Waals surface area contributed by atoms with Crippen LogP contribution in [0.5, 0.6) is 17.2 Å². The van der Waals surface area contributed by atoms with E-state index in [4.69, 9.17) is 18.9 Å². The van der Waals surface area contributed by atoms with Crippen LogP contribution in [-0.4, -0.2) is 38.5 Å². The van der Waals surface area contributed by atoms with E-state index in [-0.39, 0.29) is 17.7 Å². The van der Waals surface area contributed by atoms with E-state index in [9.17, 15) is 9.59 Å². The van der Waals surface area contributed by atoms with Crippen molar-refractivity contribution in [3.63, 3.8) is 0 Å². The molecule has 0 bridgehead atoms. The zero-order valence-electron chi connectivity index (χ0n) is 21.1. The molecule has 0 unspecified atom stereocenters. The van der Waals surface area contributed by atoms with Crippen molar-refractivity contribution in [1.29, 1.82) is 0 Å². The first-order valence-corrected chi connectivity index (χ1v) is 12.2. The molecule has 2 aromatic carbocycles. The molecule has 3 aromatic rings. The predicted octanol–water partition coefficient (Wildman–Crippen LogP) is 3.13. The van der Waals surface area contributed by atoms with Crippen molar-refractivity contribution >= 4 is 23.4 Å². The van der Waals surface area contributed by atoms with Gasteiger partial charge in [-0.1, -0.05) is 23.5 Å². The summed E-state index contributed by atoms with van der Waals surface area (Å²) in [6.45, 7) is 5.63. The summed E-state index contributed by atoms with van der Waals surface area (Å²) in [5.74, 6) is 1.27. The average Bonchev–Trinajstić information content (AvgIpc) is 3.18. The predicted molar refractivity (Wildman–Crippen MR) is 138 cm³/mol. The molecule has 0 fully saturated rings. The quantitative estimate of drug-likeness (QED) is 0.456. The molecule has 1 aliphatic rings. The Morgan fingerprint density at radius 2 is 1.81 bits per heavy atom. The largest absolute Gasteiger partial charge is 0.497 e. The highest BCUT2D eigenvalue weighted by Crippen LogP contribution is 2.37. The number of benzene rings is 2. The number of carbonyl (C=O) groups is 1. The maximum absolute atomic E-state index is 13.8. The van der Waals surface area contributed by atoms with Gasteiger partial charge in [-0.05, 0) is 62.2 Å². The number of carbonyl (C=O) groups excluding carboxylic acids is 1. The van der Waals surface area contributed by atoms with Gasteiger partial charge in [-0.25, -0.2) is 9.79 Å². The van der Waals surface area contributed by atoms with Crippen LogP contribution < -0.4 is 29.1 Å². The Bertz CT molecular complexity index is 1530. The first-order chi connectivity index (χ1) is 17.3. The Balaban J connectivity index is 2.00. The molecule has 0 amide bonds. The average molecular weight is 509 g/mol. The fraction of sp³-hybridized carbons (Fsp3) is 0.296. The zero-order valence-corrected chi connectivity index (χ0v) is 21.9. The van der Waals surface area contributed by atoms with Gasteiger partial charge in [0.1, 0.15) is 23.3 Å². The summed E-state index contributed by atoms with van der Waals surface area (Å²) < 4.78 is 23.9. The van der Waals surface area contributed by atoms with Crippen LogP contribution in [0.2, 0.25) is 0 Å². The summed E-state index contributed by atoms with van der Waals surface area (Å²) in [5, 5.41) is 0. The first-order valence-electron chi connectivity index (χ1n) is 11.4. The standard InChI is InChI=1S/C27H28N2O6S/c1-7-35-26(31)23-16(3)28-27-29(24(23)19-14-18(32-4)10-11-20(19)33-5)25(30)22(36-27)13-17-9-8-15(2)21(12-17)34-6/h8-14,24H,7H2,1-6H3/b22-13+/t24-/m0/s1. The van der Waals surface area contributed by atoms with Gasteiger partial charge in [0.2, 0.25) is 0 Å². The monoisotopic (exact) mass is 508 g/mol. The maximum atomic E-state index is 13.8. The van der Waals surface area contributed by atoms with Crippen molar-refractivity contribution in [2.45, 2.75) is 26.8 Å². The van der Waals surface area contributed by atoms with Crippen LogP contribution in [0.4, 0.5) is 0 Å². The van der Waals surface area contributed by atoms with Crippen molar-refractivity contribution in [2.75, 3.05) is 27.9 Å². The van der Waals surface area contributed by atoms with Crippen LogP contribution in [0.3, 0.4) is 0 Å². The summed E-state index contributed by atoms with van der Waals surface area (Å²) in [6, 6.07) is 10.2. The van der Waals surface area contributed by atoms with E-state index in [1.165, 1.54) is 15.9 Å². The van der Waals surface area contributed by atoms with Crippen LogP contribution in [0, 0.1) is 6.92 Å². The second-order valence-corrected chi connectivity index (χ2v) is 9.15. The number of aromatic nitrogens is 1. The minimum Gasteiger partial charge on any atom is -0.497 e. The molecule has 0 spiro atoms. The highest BCUT2D eigenvalue weighted by atomic mass is 32.1. The lowest BCUT2D eigenvalue weighted by Crippen LogP contribution is -2.40. The summed E-state index contributed by atoms with van der Waals surface area (Å²) in [6.07, 6.45) is 1.80. The number of ether oxygens (including phenoxy) is 4. The lowest BCUT2D eigenvalue weighted by Gasteiger charge is -2.26. The minimum atomic E-state index is -0.806. The summed E-state index contributed by atoms with van der Waals surface area (Å²) in [4.78, 5) is 32.0. The molecule has 0 saturated heterocycles. The van der Waals surface area contributed by atoms with E-state index < -0.39 is 12.0 Å². The van der Waals surface area contributed by atoms with Crippen molar-refractivity contribution in [3.8, 4) is 17.2 Å². The molecule has 9 heteroatoms. The van der Waals surface area contributed by atoms with Crippen molar-refractivity contribution < 1.29 is 23.7 Å². The number of aryl methyl sites for hydroxylation is 1. The van der Waals surface area contributed by atoms with Gasteiger partial charge < -0.3 is 18.9 Å². The van der Waals surface area contributed by atoms with Crippen LogP contribution >= 0.6 is 11.3 Å². The Kier molecular flexibility index (Phi) is 7.30. The molecule has 0 aliphatic carbocycles. The maximum Gasteiger partial charge on any atom is 0.338 e. The summed E-state index contributed by atoms with van der Waals surface area (Å²) >= 11 is 1.26. The van der Waals surface area contributed by atoms with Gasteiger partial charge in [-0.15, -0.1) is 0 Å². The number of hydrogen-bond donors (Lipinski definition) is 0. The lowest BCUT2D eigenvalue weighted by atomic mass is 9.94. The number of nitrogens with zero attached hydrogens (tertiary/aromatic N) is 2. The molecular formula is C27H28N2O6S. The lowest BCUT2D eigenvalue weighted by molar-refractivity contribution is -0.139. The number of methoxy groups -OCH3 is 3. The number of allylic oxidation sites excluding steroid dienone is 1. The van der Waals surface area contributed by atoms with Gasteiger partial charge in [0.25, 0.3) is 5.56 Å². The van der Waals surface area contributed by atoms with Crippen molar-refractivity contribution in [3.05, 3.63) is 84.0 Å². The Hall–Kier alpha value is -3.85. The fourth-order valence-electron chi connectivity index (χ4n) is 4.22. The molecule has 4 rings (SSSR count). The van der Waals surface area contributed by atoms with Crippen LogP contribution in [0.15, 0.2) is 57.5 Å². The Labute approximate surface area is 212 Å². The van der Waals surface area contributed by atoms with Gasteiger partial charge in [0, 0.05) is 5.56 Å². The molecule has 0 saturated carbocycles. The normalized spacial score (nSPS) is 15.3. The molecule has 0 radical (unpaired) electrons. The van der Waals surface area contributed by atoms with Gasteiger partial charge in [0.05, 0.1) is 43.7 Å². The topological polar surface area (TPSA) is 88.4 Å². The second kappa shape index (κ2) is 10.4. The first kappa shape index (κ1) is 25.2. The highest BCUT2D eigenvalue weighted by molar-refractivity contribution is 7.07. The van der Waals surface area contributed by atoms with E-state index in [1.54, 1.807) is 59.5 Å². The van der Waals surface area contributed by atoms with Gasteiger partial charge >= 0.3 is 5.97 Å². The van der Waals surface area contributed by atoms with E-state index in [0.717, 1.165) is 16.9 Å². The van der Waals surface area contributed by atoms with E-state index in [1.807, 2.05) is 25.1 Å². The number of rotatable bonds is 7. The molecule has 188 valence electrons. The third-order valence-electron chi connectivity index (χ3n) is 5.98. The molecule has 1 aromatic heterocycles. The van der Waals surface area contributed by atoms with E-state index in [2.05, 4.69) is 4.99 Å². The minimum absolute atomic E-state index is 0.192. The van der Waals surface area contributed by atoms with Crippen LogP contribution in [0.25, 0.3) is 6.08 Å². The Morgan fingerprint density at radius 1 is 1.06 bits per heavy atom. The molecular weight excluding hydrogens is 480 g/mol. The molecule has 2 heterocycles. The number of fused-ring (bicyclic) bond motifs is 1. The molecule has 1 aliphatic heterocycles. The van der Waals surface area contributed by atoms with E-state index >= 15 is 0 Å². The van der Waals surface area contributed by atoms with Crippen molar-refractivity contribution in [1.82, 2.24) is 4.57 Å². The fourth-order valence-corrected chi connectivity index (χ4v) is 5.26. The number of thiazole rings is 1. The van der Waals surface area contributed by atoms with E-state index in [0.29, 0.717) is 32.1 Å². The van der Waals surface area contributed by atoms with Crippen molar-refractivity contribution in [2.24, 2.45) is 4.99 Å². The smallest absolute Gasteiger partial charge is 0.338 e. The van der Waals surface area contributed by atoms with Gasteiger partial charge in [-0.2, -0.15) is 0 Å².